The summed E-state index contributed by atoms with van der Waals surface area (Å²) in [7, 11) is 0. The van der Waals surface area contributed by atoms with E-state index in [1.807, 2.05) is 0 Å². The number of rotatable bonds is 12. The number of nitrogens with one attached hydrogen (secondary N) is 2. The molecular weight excluding hydrogens is 376 g/mol. The number of ketones is 1. The summed E-state index contributed by atoms with van der Waals surface area (Å²) in [5, 5.41) is 22.9. The molecule has 0 aromatic carbocycles. The Hall–Kier alpha value is -1.96. The van der Waals surface area contributed by atoms with Crippen molar-refractivity contribution in [3.8, 4) is 0 Å². The zero-order chi connectivity index (χ0) is 23.2. The van der Waals surface area contributed by atoms with Crippen molar-refractivity contribution >= 4 is 23.6 Å². The lowest BCUT2D eigenvalue weighted by atomic mass is 9.88. The van der Waals surface area contributed by atoms with Gasteiger partial charge in [-0.15, -0.1) is 0 Å². The number of unbranched alkanes of at least 4 members (excludes halogenated alkanes) is 1. The van der Waals surface area contributed by atoms with E-state index < -0.39 is 42.3 Å². The first kappa shape index (κ1) is 29.2. The number of hydrogen-bond donors (Lipinski definition) is 4. The average molecular weight is 417 g/mol. The van der Waals surface area contributed by atoms with E-state index in [0.29, 0.717) is 12.3 Å². The minimum atomic E-state index is -1.62. The lowest BCUT2D eigenvalue weighted by molar-refractivity contribution is -0.152. The summed E-state index contributed by atoms with van der Waals surface area (Å²) in [6.45, 7) is 12.1. The van der Waals surface area contributed by atoms with Gasteiger partial charge in [-0.3, -0.25) is 19.2 Å². The van der Waals surface area contributed by atoms with Gasteiger partial charge in [0.1, 0.15) is 11.5 Å². The molecule has 0 saturated carbocycles. The average Bonchev–Trinajstić information content (AvgIpc) is 2.59. The number of aliphatic hydroxyl groups excluding tert-OH is 1. The van der Waals surface area contributed by atoms with E-state index in [0.717, 1.165) is 18.8 Å². The van der Waals surface area contributed by atoms with Crippen molar-refractivity contribution in [3.63, 3.8) is 0 Å². The number of aliphatic carboxylic acids is 1. The molecule has 0 rings (SSSR count). The molecule has 0 fully saturated rings. The molecule has 0 aromatic heterocycles. The van der Waals surface area contributed by atoms with Crippen molar-refractivity contribution in [2.75, 3.05) is 13.2 Å². The second-order valence-electron chi connectivity index (χ2n) is 8.75. The van der Waals surface area contributed by atoms with Crippen LogP contribution in [0.25, 0.3) is 0 Å². The molecule has 0 aliphatic carbocycles. The third-order valence-electron chi connectivity index (χ3n) is 3.92. The number of Topliss-reactive ketones (excluding diaryl/α,β-unsaturated/α-hetero) is 1. The molecule has 8 nitrogen and oxygen atoms in total. The van der Waals surface area contributed by atoms with Crippen LogP contribution in [0.15, 0.2) is 0 Å². The predicted octanol–water partition coefficient (Wildman–Crippen LogP) is 2.14. The fourth-order valence-electron chi connectivity index (χ4n) is 1.93. The summed E-state index contributed by atoms with van der Waals surface area (Å²) >= 11 is 0. The van der Waals surface area contributed by atoms with Gasteiger partial charge in [-0.25, -0.2) is 0 Å². The van der Waals surface area contributed by atoms with E-state index in [2.05, 4.69) is 45.3 Å². The highest BCUT2D eigenvalue weighted by Gasteiger charge is 2.35. The van der Waals surface area contributed by atoms with E-state index in [1.165, 1.54) is 13.8 Å². The Morgan fingerprint density at radius 1 is 0.966 bits per heavy atom. The normalized spacial score (nSPS) is 12.1. The summed E-state index contributed by atoms with van der Waals surface area (Å²) < 4.78 is 0. The zero-order valence-electron chi connectivity index (χ0n) is 19.0. The highest BCUT2D eigenvalue weighted by Crippen LogP contribution is 2.16. The van der Waals surface area contributed by atoms with Gasteiger partial charge in [-0.05, 0) is 32.1 Å². The molecule has 170 valence electrons. The number of carboxylic acid groups (broad SMARTS) is 1. The van der Waals surface area contributed by atoms with Crippen molar-refractivity contribution in [1.29, 1.82) is 0 Å². The van der Waals surface area contributed by atoms with E-state index >= 15 is 0 Å². The number of carboxylic acids is 1. The third kappa shape index (κ3) is 14.7. The Bertz CT molecular complexity index is 527. The van der Waals surface area contributed by atoms with Crippen LogP contribution in [-0.2, 0) is 19.2 Å². The number of amides is 2. The summed E-state index contributed by atoms with van der Waals surface area (Å²) in [5.41, 5.74) is -1.62. The van der Waals surface area contributed by atoms with E-state index in [-0.39, 0.29) is 12.3 Å². The molecule has 0 aliphatic heterocycles. The first-order valence-electron chi connectivity index (χ1n) is 10.2. The van der Waals surface area contributed by atoms with E-state index in [1.54, 1.807) is 0 Å². The van der Waals surface area contributed by atoms with Crippen LogP contribution in [0.1, 0.15) is 74.1 Å². The van der Waals surface area contributed by atoms with Crippen molar-refractivity contribution in [3.05, 3.63) is 0 Å². The summed E-state index contributed by atoms with van der Waals surface area (Å²) in [4.78, 5) is 46.6. The lowest BCUT2D eigenvalue weighted by Crippen LogP contribution is -2.51. The maximum Gasteiger partial charge on any atom is 0.316 e. The van der Waals surface area contributed by atoms with Gasteiger partial charge in [0.2, 0.25) is 11.8 Å². The molecule has 2 amide bonds. The second kappa shape index (κ2) is 15.0. The summed E-state index contributed by atoms with van der Waals surface area (Å²) in [6.07, 6.45) is 2.86. The van der Waals surface area contributed by atoms with Crippen LogP contribution in [0.4, 0.5) is 0 Å². The summed E-state index contributed by atoms with van der Waals surface area (Å²) in [6, 6.07) is -1.17. The molecule has 4 N–H and O–H groups in total. The molecule has 0 saturated heterocycles. The van der Waals surface area contributed by atoms with Gasteiger partial charge in [0.15, 0.2) is 5.78 Å². The number of hydrogen-bond acceptors (Lipinski definition) is 5. The van der Waals surface area contributed by atoms with Gasteiger partial charge < -0.3 is 20.8 Å². The minimum Gasteiger partial charge on any atom is -0.481 e. The van der Waals surface area contributed by atoms with Crippen LogP contribution < -0.4 is 10.6 Å². The van der Waals surface area contributed by atoms with Crippen molar-refractivity contribution in [1.82, 2.24) is 10.6 Å². The SMILES string of the molecule is CC(C)C.CC(C)CCCCC(=O)NC(CO)C(=O)NCC(=O)C(C)(C)C(=O)O. The smallest absolute Gasteiger partial charge is 0.316 e. The third-order valence-corrected chi connectivity index (χ3v) is 3.92. The van der Waals surface area contributed by atoms with Crippen molar-refractivity contribution in [2.45, 2.75) is 80.2 Å². The molecule has 0 heterocycles. The first-order valence-corrected chi connectivity index (χ1v) is 10.2. The van der Waals surface area contributed by atoms with E-state index in [9.17, 15) is 24.3 Å². The van der Waals surface area contributed by atoms with Crippen LogP contribution in [0.2, 0.25) is 0 Å². The number of carbonyl (C=O) groups is 4. The Balaban J connectivity index is 0. The standard InChI is InChI=1S/C17H30N2O6.C4H10/c1-11(2)7-5-6-8-14(22)19-12(10-20)15(23)18-9-13(21)17(3,4)16(24)25;1-4(2)3/h11-12,20H,5-10H2,1-4H3,(H,18,23)(H,19,22)(H,24,25);4H,1-3H3. The molecule has 1 unspecified atom stereocenters. The fraction of sp³-hybridized carbons (Fsp3) is 0.810. The topological polar surface area (TPSA) is 133 Å². The van der Waals surface area contributed by atoms with Gasteiger partial charge in [-0.2, -0.15) is 0 Å². The summed E-state index contributed by atoms with van der Waals surface area (Å²) in [5.74, 6) is -1.65. The van der Waals surface area contributed by atoms with Crippen LogP contribution in [-0.4, -0.2) is 53.0 Å². The Morgan fingerprint density at radius 2 is 1.48 bits per heavy atom. The monoisotopic (exact) mass is 416 g/mol. The Labute approximate surface area is 174 Å². The molecule has 0 bridgehead atoms. The van der Waals surface area contributed by atoms with Gasteiger partial charge >= 0.3 is 5.97 Å². The molecule has 29 heavy (non-hydrogen) atoms. The Kier molecular flexibility index (Phi) is 15.1. The quantitative estimate of drug-likeness (QED) is 0.285. The fourth-order valence-corrected chi connectivity index (χ4v) is 1.93. The lowest BCUT2D eigenvalue weighted by Gasteiger charge is -2.20. The van der Waals surface area contributed by atoms with Crippen LogP contribution in [0, 0.1) is 17.3 Å². The molecular formula is C21H40N2O6. The second-order valence-corrected chi connectivity index (χ2v) is 8.75. The molecule has 1 atom stereocenters. The molecule has 0 aliphatic rings. The molecule has 0 spiro atoms. The largest absolute Gasteiger partial charge is 0.481 e. The van der Waals surface area contributed by atoms with Crippen LogP contribution in [0.3, 0.4) is 0 Å². The maximum absolute atomic E-state index is 11.9. The molecule has 0 aromatic rings. The van der Waals surface area contributed by atoms with Crippen molar-refractivity contribution in [2.24, 2.45) is 17.3 Å². The highest BCUT2D eigenvalue weighted by molar-refractivity contribution is 6.04. The van der Waals surface area contributed by atoms with Crippen LogP contribution in [0.5, 0.6) is 0 Å². The minimum absolute atomic E-state index is 0.251. The zero-order valence-corrected chi connectivity index (χ0v) is 19.0. The Morgan fingerprint density at radius 3 is 1.90 bits per heavy atom. The van der Waals surface area contributed by atoms with E-state index in [4.69, 9.17) is 5.11 Å². The van der Waals surface area contributed by atoms with Crippen LogP contribution >= 0.6 is 0 Å². The van der Waals surface area contributed by atoms with Gasteiger partial charge in [-0.1, -0.05) is 47.5 Å². The first-order chi connectivity index (χ1) is 13.2. The van der Waals surface area contributed by atoms with Gasteiger partial charge in [0.25, 0.3) is 0 Å². The predicted molar refractivity (Wildman–Crippen MR) is 112 cm³/mol. The number of aliphatic hydroxyl groups is 1. The molecule has 8 heteroatoms. The maximum atomic E-state index is 11.9. The highest BCUT2D eigenvalue weighted by atomic mass is 16.4. The van der Waals surface area contributed by atoms with Gasteiger partial charge in [0, 0.05) is 6.42 Å². The molecule has 0 radical (unpaired) electrons. The van der Waals surface area contributed by atoms with Gasteiger partial charge in [0.05, 0.1) is 13.2 Å². The number of carbonyl (C=O) groups excluding carboxylic acids is 3. The van der Waals surface area contributed by atoms with Crippen molar-refractivity contribution < 1.29 is 29.4 Å².